The van der Waals surface area contributed by atoms with Crippen molar-refractivity contribution in [1.82, 2.24) is 0 Å². The first-order valence-corrected chi connectivity index (χ1v) is 6.38. The molecule has 5 heteroatoms. The van der Waals surface area contributed by atoms with Crippen LogP contribution < -0.4 is 9.64 Å². The van der Waals surface area contributed by atoms with Gasteiger partial charge in [-0.05, 0) is 24.6 Å². The predicted molar refractivity (Wildman–Crippen MR) is 74.8 cm³/mol. The van der Waals surface area contributed by atoms with E-state index in [1.165, 1.54) is 4.90 Å². The normalized spacial score (nSPS) is 18.1. The van der Waals surface area contributed by atoms with Gasteiger partial charge in [0.25, 0.3) is 0 Å². The van der Waals surface area contributed by atoms with E-state index in [0.29, 0.717) is 18.0 Å². The highest BCUT2D eigenvalue weighted by molar-refractivity contribution is 5.99. The van der Waals surface area contributed by atoms with Gasteiger partial charge in [0.1, 0.15) is 12.4 Å². The van der Waals surface area contributed by atoms with Crippen LogP contribution in [0.5, 0.6) is 5.75 Å². The second-order valence-electron chi connectivity index (χ2n) is 4.99. The molecule has 0 bridgehead atoms. The minimum absolute atomic E-state index is 0.0478. The molecule has 1 aromatic carbocycles. The van der Waals surface area contributed by atoms with Crippen LogP contribution in [0.25, 0.3) is 0 Å². The number of nitrogens with zero attached hydrogens (tertiary/aromatic N) is 1. The molecule has 0 spiro atoms. The summed E-state index contributed by atoms with van der Waals surface area (Å²) in [6, 6.07) is 7.09. The zero-order valence-corrected chi connectivity index (χ0v) is 11.3. The van der Waals surface area contributed by atoms with Crippen molar-refractivity contribution in [3.63, 3.8) is 0 Å². The number of aliphatic carboxylic acids is 1. The Kier molecular flexibility index (Phi) is 4.08. The molecule has 5 nitrogen and oxygen atoms in total. The van der Waals surface area contributed by atoms with Crippen LogP contribution >= 0.6 is 0 Å². The highest BCUT2D eigenvalue weighted by atomic mass is 16.5. The number of hydrogen-bond acceptors (Lipinski definition) is 3. The van der Waals surface area contributed by atoms with E-state index in [1.807, 2.05) is 6.92 Å². The average molecular weight is 275 g/mol. The van der Waals surface area contributed by atoms with Gasteiger partial charge in [-0.15, -0.1) is 0 Å². The van der Waals surface area contributed by atoms with Crippen LogP contribution in [0.1, 0.15) is 13.3 Å². The standard InChI is InChI=1S/C15H17NO4/c1-10(2)9-20-13-5-3-4-12(7-13)16-8-11(15(18)19)6-14(16)17/h3-5,7,11H,1,6,8-9H2,2H3,(H,18,19)/t11-/m0/s1. The molecule has 1 aliphatic heterocycles. The molecule has 20 heavy (non-hydrogen) atoms. The second kappa shape index (κ2) is 5.77. The molecule has 0 radical (unpaired) electrons. The fraction of sp³-hybridized carbons (Fsp3) is 0.333. The fourth-order valence-corrected chi connectivity index (χ4v) is 2.07. The molecule has 1 heterocycles. The third kappa shape index (κ3) is 3.17. The first kappa shape index (κ1) is 14.1. The maximum Gasteiger partial charge on any atom is 0.308 e. The first-order valence-electron chi connectivity index (χ1n) is 6.38. The number of hydrogen-bond donors (Lipinski definition) is 1. The van der Waals surface area contributed by atoms with Crippen molar-refractivity contribution in [3.8, 4) is 5.75 Å². The van der Waals surface area contributed by atoms with E-state index in [9.17, 15) is 9.59 Å². The van der Waals surface area contributed by atoms with Crippen LogP contribution in [0, 0.1) is 5.92 Å². The summed E-state index contributed by atoms with van der Waals surface area (Å²) in [5.74, 6) is -1.11. The van der Waals surface area contributed by atoms with Crippen molar-refractivity contribution in [2.45, 2.75) is 13.3 Å². The van der Waals surface area contributed by atoms with Gasteiger partial charge in [-0.2, -0.15) is 0 Å². The highest BCUT2D eigenvalue weighted by Gasteiger charge is 2.35. The molecule has 1 fully saturated rings. The minimum Gasteiger partial charge on any atom is -0.489 e. The quantitative estimate of drug-likeness (QED) is 0.835. The van der Waals surface area contributed by atoms with Crippen molar-refractivity contribution in [2.24, 2.45) is 5.92 Å². The summed E-state index contributed by atoms with van der Waals surface area (Å²) in [6.07, 6.45) is 0.0478. The van der Waals surface area contributed by atoms with E-state index in [1.54, 1.807) is 24.3 Å². The average Bonchev–Trinajstić information content (AvgIpc) is 2.79. The molecule has 0 saturated carbocycles. The van der Waals surface area contributed by atoms with Crippen LogP contribution in [-0.4, -0.2) is 30.1 Å². The topological polar surface area (TPSA) is 66.8 Å². The zero-order valence-electron chi connectivity index (χ0n) is 11.3. The van der Waals surface area contributed by atoms with Crippen LogP contribution in [-0.2, 0) is 9.59 Å². The number of amides is 1. The van der Waals surface area contributed by atoms with E-state index in [0.717, 1.165) is 5.57 Å². The van der Waals surface area contributed by atoms with E-state index >= 15 is 0 Å². The number of carbonyl (C=O) groups excluding carboxylic acids is 1. The summed E-state index contributed by atoms with van der Waals surface area (Å²) in [5.41, 5.74) is 1.57. The fourth-order valence-electron chi connectivity index (χ4n) is 2.07. The number of anilines is 1. The van der Waals surface area contributed by atoms with Gasteiger partial charge in [0.2, 0.25) is 5.91 Å². The van der Waals surface area contributed by atoms with Gasteiger partial charge in [0, 0.05) is 24.7 Å². The number of ether oxygens (including phenoxy) is 1. The Balaban J connectivity index is 2.13. The number of carbonyl (C=O) groups is 2. The van der Waals surface area contributed by atoms with Gasteiger partial charge >= 0.3 is 5.97 Å². The zero-order chi connectivity index (χ0) is 14.7. The summed E-state index contributed by atoms with van der Waals surface area (Å²) in [4.78, 5) is 24.3. The molecule has 1 saturated heterocycles. The summed E-state index contributed by atoms with van der Waals surface area (Å²) in [7, 11) is 0. The molecule has 1 atom stereocenters. The van der Waals surface area contributed by atoms with Crippen LogP contribution in [0.2, 0.25) is 0 Å². The Bertz CT molecular complexity index is 553. The number of rotatable bonds is 5. The number of carboxylic acid groups (broad SMARTS) is 1. The van der Waals surface area contributed by atoms with Crippen LogP contribution in [0.4, 0.5) is 5.69 Å². The molecule has 2 rings (SSSR count). The predicted octanol–water partition coefficient (Wildman–Crippen LogP) is 2.08. The van der Waals surface area contributed by atoms with Crippen molar-refractivity contribution in [2.75, 3.05) is 18.1 Å². The monoisotopic (exact) mass is 275 g/mol. The van der Waals surface area contributed by atoms with Gasteiger partial charge in [0.15, 0.2) is 0 Å². The van der Waals surface area contributed by atoms with Gasteiger partial charge in [-0.3, -0.25) is 9.59 Å². The lowest BCUT2D eigenvalue weighted by Crippen LogP contribution is -2.25. The van der Waals surface area contributed by atoms with E-state index < -0.39 is 11.9 Å². The van der Waals surface area contributed by atoms with Crippen molar-refractivity contribution < 1.29 is 19.4 Å². The van der Waals surface area contributed by atoms with E-state index in [2.05, 4.69) is 6.58 Å². The van der Waals surface area contributed by atoms with Gasteiger partial charge in [-0.25, -0.2) is 0 Å². The van der Waals surface area contributed by atoms with Gasteiger partial charge < -0.3 is 14.7 Å². The number of carboxylic acids is 1. The second-order valence-corrected chi connectivity index (χ2v) is 4.99. The SMILES string of the molecule is C=C(C)COc1cccc(N2C[C@@H](C(=O)O)CC2=O)c1. The van der Waals surface area contributed by atoms with Crippen molar-refractivity contribution >= 4 is 17.6 Å². The third-order valence-corrected chi connectivity index (χ3v) is 3.09. The third-order valence-electron chi connectivity index (χ3n) is 3.09. The summed E-state index contributed by atoms with van der Waals surface area (Å²) >= 11 is 0. The van der Waals surface area contributed by atoms with Crippen molar-refractivity contribution in [1.29, 1.82) is 0 Å². The van der Waals surface area contributed by atoms with E-state index in [-0.39, 0.29) is 18.9 Å². The summed E-state index contributed by atoms with van der Waals surface area (Å²) < 4.78 is 5.52. The molecule has 1 aromatic rings. The molecule has 0 aromatic heterocycles. The molecular formula is C15H17NO4. The Morgan fingerprint density at radius 2 is 2.30 bits per heavy atom. The molecule has 1 amide bonds. The Hall–Kier alpha value is -2.30. The van der Waals surface area contributed by atoms with Crippen LogP contribution in [0.3, 0.4) is 0 Å². The summed E-state index contributed by atoms with van der Waals surface area (Å²) in [5, 5.41) is 8.98. The molecular weight excluding hydrogens is 258 g/mol. The van der Waals surface area contributed by atoms with Gasteiger partial charge in [-0.1, -0.05) is 12.6 Å². The lowest BCUT2D eigenvalue weighted by Gasteiger charge is -2.17. The Morgan fingerprint density at radius 1 is 1.55 bits per heavy atom. The molecule has 0 aliphatic carbocycles. The lowest BCUT2D eigenvalue weighted by molar-refractivity contribution is -0.141. The summed E-state index contributed by atoms with van der Waals surface area (Å²) in [6.45, 7) is 6.24. The van der Waals surface area contributed by atoms with Gasteiger partial charge in [0.05, 0.1) is 5.92 Å². The minimum atomic E-state index is -0.935. The highest BCUT2D eigenvalue weighted by Crippen LogP contribution is 2.28. The maximum atomic E-state index is 11.9. The smallest absolute Gasteiger partial charge is 0.308 e. The maximum absolute atomic E-state index is 11.9. The van der Waals surface area contributed by atoms with E-state index in [4.69, 9.17) is 9.84 Å². The molecule has 1 N–H and O–H groups in total. The number of benzene rings is 1. The van der Waals surface area contributed by atoms with Crippen molar-refractivity contribution in [3.05, 3.63) is 36.4 Å². The van der Waals surface area contributed by atoms with Crippen LogP contribution in [0.15, 0.2) is 36.4 Å². The molecule has 0 unspecified atom stereocenters. The Labute approximate surface area is 117 Å². The first-order chi connectivity index (χ1) is 9.47. The Morgan fingerprint density at radius 3 is 2.90 bits per heavy atom. The molecule has 106 valence electrons. The molecule has 1 aliphatic rings. The largest absolute Gasteiger partial charge is 0.489 e. The lowest BCUT2D eigenvalue weighted by atomic mass is 10.1.